The van der Waals surface area contributed by atoms with E-state index in [1.807, 2.05) is 0 Å². The second-order valence-corrected chi connectivity index (χ2v) is 4.24. The molecule has 0 aromatic rings. The number of nitrogens with one attached hydrogen (secondary N) is 1. The summed E-state index contributed by atoms with van der Waals surface area (Å²) in [5.41, 5.74) is 0. The van der Waals surface area contributed by atoms with Crippen molar-refractivity contribution in [2.24, 2.45) is 0 Å². The van der Waals surface area contributed by atoms with Gasteiger partial charge in [0.2, 0.25) is 5.91 Å². The zero-order chi connectivity index (χ0) is 11.8. The molecule has 0 aromatic heterocycles. The van der Waals surface area contributed by atoms with Crippen molar-refractivity contribution in [1.82, 2.24) is 5.32 Å². The van der Waals surface area contributed by atoms with Crippen LogP contribution in [-0.2, 0) is 19.1 Å². The summed E-state index contributed by atoms with van der Waals surface area (Å²) in [5.74, 6) is -1.00. The van der Waals surface area contributed by atoms with E-state index in [1.54, 1.807) is 0 Å². The molecule has 2 N–H and O–H groups in total. The lowest BCUT2D eigenvalue weighted by Crippen LogP contribution is -2.40. The van der Waals surface area contributed by atoms with Crippen LogP contribution in [0.1, 0.15) is 0 Å². The molecule has 1 aliphatic heterocycles. The maximum absolute atomic E-state index is 11.2. The van der Waals surface area contributed by atoms with Crippen molar-refractivity contribution in [3.05, 3.63) is 0 Å². The van der Waals surface area contributed by atoms with E-state index in [4.69, 9.17) is 14.6 Å². The van der Waals surface area contributed by atoms with Crippen LogP contribution in [0.4, 0.5) is 0 Å². The molecule has 0 spiro atoms. The normalized spacial score (nSPS) is 20.4. The summed E-state index contributed by atoms with van der Waals surface area (Å²) in [5, 5.41) is 11.0. The Balaban J connectivity index is 2.02. The van der Waals surface area contributed by atoms with E-state index >= 15 is 0 Å². The average Bonchev–Trinajstić information content (AvgIpc) is 2.27. The van der Waals surface area contributed by atoms with E-state index in [9.17, 15) is 9.59 Å². The summed E-state index contributed by atoms with van der Waals surface area (Å²) in [6.45, 7) is 2.04. The Hall–Kier alpha value is -0.790. The molecule has 1 saturated heterocycles. The van der Waals surface area contributed by atoms with E-state index < -0.39 is 5.97 Å². The van der Waals surface area contributed by atoms with Crippen molar-refractivity contribution in [3.8, 4) is 0 Å². The summed E-state index contributed by atoms with van der Waals surface area (Å²) in [4.78, 5) is 21.4. The summed E-state index contributed by atoms with van der Waals surface area (Å²) >= 11 is 1.07. The molecule has 16 heavy (non-hydrogen) atoms. The molecule has 0 saturated carbocycles. The molecule has 1 amide bonds. The first kappa shape index (κ1) is 13.3. The molecule has 1 aliphatic rings. The Bertz CT molecular complexity index is 242. The minimum atomic E-state index is -0.915. The SMILES string of the molecule is O=C(O)CSCC(=O)NCC1COCCO1. The second-order valence-electron chi connectivity index (χ2n) is 3.26. The Morgan fingerprint density at radius 3 is 2.81 bits per heavy atom. The van der Waals surface area contributed by atoms with E-state index in [0.29, 0.717) is 26.4 Å². The highest BCUT2D eigenvalue weighted by atomic mass is 32.2. The smallest absolute Gasteiger partial charge is 0.313 e. The maximum atomic E-state index is 11.2. The molecule has 1 atom stereocenters. The highest BCUT2D eigenvalue weighted by Gasteiger charge is 2.15. The molecule has 1 heterocycles. The third-order valence-electron chi connectivity index (χ3n) is 1.87. The van der Waals surface area contributed by atoms with Gasteiger partial charge in [-0.15, -0.1) is 11.8 Å². The van der Waals surface area contributed by atoms with Crippen molar-refractivity contribution < 1.29 is 24.2 Å². The third-order valence-corrected chi connectivity index (χ3v) is 2.79. The minimum Gasteiger partial charge on any atom is -0.481 e. The van der Waals surface area contributed by atoms with Gasteiger partial charge in [0.1, 0.15) is 0 Å². The second kappa shape index (κ2) is 7.48. The lowest BCUT2D eigenvalue weighted by molar-refractivity contribution is -0.133. The van der Waals surface area contributed by atoms with Crippen LogP contribution >= 0.6 is 11.8 Å². The zero-order valence-electron chi connectivity index (χ0n) is 8.81. The minimum absolute atomic E-state index is 0.0591. The molecule has 1 rings (SSSR count). The highest BCUT2D eigenvalue weighted by Crippen LogP contribution is 2.00. The molecule has 92 valence electrons. The summed E-state index contributed by atoms with van der Waals surface area (Å²) < 4.78 is 10.5. The van der Waals surface area contributed by atoms with Crippen LogP contribution in [0, 0.1) is 0 Å². The Morgan fingerprint density at radius 2 is 2.19 bits per heavy atom. The van der Waals surface area contributed by atoms with Crippen LogP contribution in [0.5, 0.6) is 0 Å². The van der Waals surface area contributed by atoms with Crippen LogP contribution in [0.25, 0.3) is 0 Å². The summed E-state index contributed by atoms with van der Waals surface area (Å²) in [7, 11) is 0. The molecule has 0 radical (unpaired) electrons. The van der Waals surface area contributed by atoms with E-state index in [-0.39, 0.29) is 23.5 Å². The highest BCUT2D eigenvalue weighted by molar-refractivity contribution is 8.00. The van der Waals surface area contributed by atoms with E-state index in [0.717, 1.165) is 11.8 Å². The monoisotopic (exact) mass is 249 g/mol. The number of carboxylic acids is 1. The number of aliphatic carboxylic acids is 1. The molecular formula is C9H15NO5S. The van der Waals surface area contributed by atoms with E-state index in [1.165, 1.54) is 0 Å². The molecule has 0 bridgehead atoms. The topological polar surface area (TPSA) is 84.9 Å². The predicted octanol–water partition coefficient (Wildman–Crippen LogP) is -0.664. The van der Waals surface area contributed by atoms with Crippen molar-refractivity contribution in [1.29, 1.82) is 0 Å². The molecule has 0 aromatic carbocycles. The molecule has 1 fully saturated rings. The number of thioether (sulfide) groups is 1. The van der Waals surface area contributed by atoms with Crippen LogP contribution in [0.15, 0.2) is 0 Å². The maximum Gasteiger partial charge on any atom is 0.313 e. The first-order chi connectivity index (χ1) is 7.68. The lowest BCUT2D eigenvalue weighted by atomic mass is 10.3. The van der Waals surface area contributed by atoms with Gasteiger partial charge in [-0.2, -0.15) is 0 Å². The van der Waals surface area contributed by atoms with Gasteiger partial charge in [0.25, 0.3) is 0 Å². The summed E-state index contributed by atoms with van der Waals surface area (Å²) in [6.07, 6.45) is -0.0952. The third kappa shape index (κ3) is 5.94. The molecule has 7 heteroatoms. The number of ether oxygens (including phenoxy) is 2. The van der Waals surface area contributed by atoms with Gasteiger partial charge >= 0.3 is 5.97 Å². The van der Waals surface area contributed by atoms with Crippen molar-refractivity contribution in [2.45, 2.75) is 6.10 Å². The van der Waals surface area contributed by atoms with Crippen LogP contribution in [-0.4, -0.2) is 61.0 Å². The van der Waals surface area contributed by atoms with Crippen molar-refractivity contribution in [2.75, 3.05) is 37.9 Å². The number of carbonyl (C=O) groups excluding carboxylic acids is 1. The largest absolute Gasteiger partial charge is 0.481 e. The van der Waals surface area contributed by atoms with E-state index in [2.05, 4.69) is 5.32 Å². The fourth-order valence-corrected chi connectivity index (χ4v) is 1.73. The van der Waals surface area contributed by atoms with Gasteiger partial charge in [0.05, 0.1) is 37.4 Å². The van der Waals surface area contributed by atoms with Crippen LogP contribution < -0.4 is 5.32 Å². The Kier molecular flexibility index (Phi) is 6.20. The zero-order valence-corrected chi connectivity index (χ0v) is 9.62. The quantitative estimate of drug-likeness (QED) is 0.650. The van der Waals surface area contributed by atoms with Crippen LogP contribution in [0.2, 0.25) is 0 Å². The Morgan fingerprint density at radius 1 is 1.38 bits per heavy atom. The average molecular weight is 249 g/mol. The van der Waals surface area contributed by atoms with Gasteiger partial charge in [-0.25, -0.2) is 0 Å². The number of rotatable bonds is 6. The summed E-state index contributed by atoms with van der Waals surface area (Å²) in [6, 6.07) is 0. The van der Waals surface area contributed by atoms with Gasteiger partial charge in [0, 0.05) is 6.54 Å². The first-order valence-corrected chi connectivity index (χ1v) is 6.09. The number of carboxylic acid groups (broad SMARTS) is 1. The number of amides is 1. The molecular weight excluding hydrogens is 234 g/mol. The first-order valence-electron chi connectivity index (χ1n) is 4.94. The number of hydrogen-bond donors (Lipinski definition) is 2. The number of carbonyl (C=O) groups is 2. The molecule has 6 nitrogen and oxygen atoms in total. The van der Waals surface area contributed by atoms with Gasteiger partial charge in [-0.3, -0.25) is 9.59 Å². The lowest BCUT2D eigenvalue weighted by Gasteiger charge is -2.22. The van der Waals surface area contributed by atoms with Crippen molar-refractivity contribution >= 4 is 23.6 Å². The fraction of sp³-hybridized carbons (Fsp3) is 0.778. The van der Waals surface area contributed by atoms with Gasteiger partial charge in [0.15, 0.2) is 0 Å². The van der Waals surface area contributed by atoms with Crippen LogP contribution in [0.3, 0.4) is 0 Å². The van der Waals surface area contributed by atoms with Gasteiger partial charge < -0.3 is 19.9 Å². The predicted molar refractivity (Wildman–Crippen MR) is 58.5 cm³/mol. The number of hydrogen-bond acceptors (Lipinski definition) is 5. The van der Waals surface area contributed by atoms with Gasteiger partial charge in [-0.1, -0.05) is 0 Å². The van der Waals surface area contributed by atoms with Gasteiger partial charge in [-0.05, 0) is 0 Å². The fourth-order valence-electron chi connectivity index (χ4n) is 1.16. The molecule has 0 aliphatic carbocycles. The standard InChI is InChI=1S/C9H15NO5S/c11-8(5-16-6-9(12)13)10-3-7-4-14-1-2-15-7/h7H,1-6H2,(H,10,11)(H,12,13). The molecule has 1 unspecified atom stereocenters. The Labute approximate surface area is 97.7 Å². The van der Waals surface area contributed by atoms with Crippen molar-refractivity contribution in [3.63, 3.8) is 0 Å².